The van der Waals surface area contributed by atoms with Crippen molar-refractivity contribution in [2.45, 2.75) is 38.5 Å². The second-order valence-corrected chi connectivity index (χ2v) is 6.85. The maximum absolute atomic E-state index is 12.4. The molecule has 4 rings (SSSR count). The van der Waals surface area contributed by atoms with Gasteiger partial charge in [0.15, 0.2) is 5.78 Å². The van der Waals surface area contributed by atoms with Crippen LogP contribution in [0.2, 0.25) is 0 Å². The Labute approximate surface area is 130 Å². The minimum atomic E-state index is -0.0637. The Morgan fingerprint density at radius 2 is 2.09 bits per heavy atom. The number of hydrogen-bond acceptors (Lipinski definition) is 4. The van der Waals surface area contributed by atoms with Crippen LogP contribution in [0.5, 0.6) is 0 Å². The first-order valence-corrected chi connectivity index (χ1v) is 8.08. The van der Waals surface area contributed by atoms with Crippen LogP contribution < -0.4 is 0 Å². The van der Waals surface area contributed by atoms with Crippen molar-refractivity contribution in [3.63, 3.8) is 0 Å². The number of nitrogens with zero attached hydrogens (tertiary/aromatic N) is 3. The number of carbonyl (C=O) groups is 1. The largest absolute Gasteiger partial charge is 0.369 e. The van der Waals surface area contributed by atoms with Crippen LogP contribution in [0.25, 0.3) is 5.70 Å². The molecule has 1 saturated carbocycles. The van der Waals surface area contributed by atoms with E-state index < -0.39 is 0 Å². The van der Waals surface area contributed by atoms with Gasteiger partial charge in [-0.1, -0.05) is 6.42 Å². The Morgan fingerprint density at radius 3 is 2.82 bits per heavy atom. The minimum Gasteiger partial charge on any atom is -0.369 e. The number of aromatic nitrogens is 1. The number of carbonyl (C=O) groups excluding carboxylic acids is 1. The van der Waals surface area contributed by atoms with Gasteiger partial charge in [0.2, 0.25) is 0 Å². The average Bonchev–Trinajstić information content (AvgIpc) is 2.52. The summed E-state index contributed by atoms with van der Waals surface area (Å²) in [6.07, 6.45) is 10.2. The van der Waals surface area contributed by atoms with Gasteiger partial charge in [-0.15, -0.1) is 0 Å². The van der Waals surface area contributed by atoms with Crippen molar-refractivity contribution in [1.82, 2.24) is 9.88 Å². The normalized spacial score (nSPS) is 23.0. The zero-order chi connectivity index (χ0) is 15.2. The Bertz CT molecular complexity index is 709. The lowest BCUT2D eigenvalue weighted by Gasteiger charge is -2.50. The van der Waals surface area contributed by atoms with E-state index in [9.17, 15) is 10.1 Å². The number of likely N-dealkylation sites (tertiary alicyclic amines) is 1. The van der Waals surface area contributed by atoms with Gasteiger partial charge in [0.25, 0.3) is 0 Å². The van der Waals surface area contributed by atoms with Crippen molar-refractivity contribution in [3.05, 3.63) is 35.2 Å². The number of nitriles is 1. The van der Waals surface area contributed by atoms with Crippen molar-refractivity contribution < 1.29 is 4.79 Å². The SMILES string of the molecule is N#CC1=C(N2CCCC3(CCC3)C2)c2ccncc2CC1=O. The number of piperidine rings is 1. The van der Waals surface area contributed by atoms with E-state index in [-0.39, 0.29) is 5.78 Å². The van der Waals surface area contributed by atoms with E-state index in [1.807, 2.05) is 6.07 Å². The van der Waals surface area contributed by atoms with Crippen LogP contribution in [0.15, 0.2) is 24.0 Å². The molecule has 1 aromatic rings. The number of pyridine rings is 1. The van der Waals surface area contributed by atoms with E-state index in [1.54, 1.807) is 12.4 Å². The first-order valence-electron chi connectivity index (χ1n) is 8.08. The van der Waals surface area contributed by atoms with Gasteiger partial charge < -0.3 is 4.90 Å². The molecule has 0 N–H and O–H groups in total. The molecule has 4 heteroatoms. The van der Waals surface area contributed by atoms with Crippen LogP contribution in [0.3, 0.4) is 0 Å². The van der Waals surface area contributed by atoms with Gasteiger partial charge in [-0.05, 0) is 42.7 Å². The first kappa shape index (κ1) is 13.5. The summed E-state index contributed by atoms with van der Waals surface area (Å²) in [5, 5.41) is 9.52. The predicted octanol–water partition coefficient (Wildman–Crippen LogP) is 2.71. The molecule has 0 radical (unpaired) electrons. The van der Waals surface area contributed by atoms with E-state index in [2.05, 4.69) is 16.0 Å². The van der Waals surface area contributed by atoms with Crippen molar-refractivity contribution in [2.75, 3.05) is 13.1 Å². The summed E-state index contributed by atoms with van der Waals surface area (Å²) in [7, 11) is 0. The van der Waals surface area contributed by atoms with Gasteiger partial charge in [0.05, 0.1) is 5.70 Å². The number of ketones is 1. The fourth-order valence-corrected chi connectivity index (χ4v) is 4.25. The molecule has 0 amide bonds. The Hall–Kier alpha value is -2.15. The first-order chi connectivity index (χ1) is 10.7. The lowest BCUT2D eigenvalue weighted by molar-refractivity contribution is -0.114. The molecular formula is C18H19N3O. The minimum absolute atomic E-state index is 0.0637. The third-order valence-electron chi connectivity index (χ3n) is 5.53. The fraction of sp³-hybridized carbons (Fsp3) is 0.500. The van der Waals surface area contributed by atoms with Crippen LogP contribution in [0, 0.1) is 16.7 Å². The lowest BCUT2D eigenvalue weighted by Crippen LogP contribution is -2.47. The summed E-state index contributed by atoms with van der Waals surface area (Å²) in [4.78, 5) is 18.8. The van der Waals surface area contributed by atoms with Crippen LogP contribution in [0.1, 0.15) is 43.2 Å². The number of allylic oxidation sites excluding steroid dienone is 1. The molecule has 2 heterocycles. The molecule has 0 atom stereocenters. The zero-order valence-corrected chi connectivity index (χ0v) is 12.6. The summed E-state index contributed by atoms with van der Waals surface area (Å²) in [5.41, 5.74) is 3.62. The topological polar surface area (TPSA) is 57.0 Å². The number of rotatable bonds is 1. The lowest BCUT2D eigenvalue weighted by atomic mass is 9.64. The van der Waals surface area contributed by atoms with E-state index in [4.69, 9.17) is 0 Å². The molecule has 4 nitrogen and oxygen atoms in total. The van der Waals surface area contributed by atoms with Crippen molar-refractivity contribution >= 4 is 11.5 Å². The molecule has 1 spiro atoms. The third kappa shape index (κ3) is 1.96. The summed E-state index contributed by atoms with van der Waals surface area (Å²) < 4.78 is 0. The quantitative estimate of drug-likeness (QED) is 0.799. The summed E-state index contributed by atoms with van der Waals surface area (Å²) in [5.74, 6) is -0.0637. The Kier molecular flexibility index (Phi) is 3.04. The molecule has 3 aliphatic rings. The van der Waals surface area contributed by atoms with E-state index in [0.717, 1.165) is 36.3 Å². The third-order valence-corrected chi connectivity index (χ3v) is 5.53. The number of Topliss-reactive ketones (excluding diaryl/α,β-unsaturated/α-hetero) is 1. The predicted molar refractivity (Wildman–Crippen MR) is 82.6 cm³/mol. The van der Waals surface area contributed by atoms with E-state index >= 15 is 0 Å². The van der Waals surface area contributed by atoms with Crippen molar-refractivity contribution in [1.29, 1.82) is 5.26 Å². The van der Waals surface area contributed by atoms with Crippen LogP contribution in [-0.2, 0) is 11.2 Å². The zero-order valence-electron chi connectivity index (χ0n) is 12.6. The highest BCUT2D eigenvalue weighted by atomic mass is 16.1. The van der Waals surface area contributed by atoms with Crippen LogP contribution in [-0.4, -0.2) is 28.8 Å². The highest BCUT2D eigenvalue weighted by molar-refractivity contribution is 6.09. The van der Waals surface area contributed by atoms with Crippen LogP contribution in [0.4, 0.5) is 0 Å². The maximum atomic E-state index is 12.4. The summed E-state index contributed by atoms with van der Waals surface area (Å²) in [6.45, 7) is 1.93. The van der Waals surface area contributed by atoms with E-state index in [0.29, 0.717) is 17.4 Å². The molecule has 2 aliphatic carbocycles. The van der Waals surface area contributed by atoms with Crippen molar-refractivity contribution in [2.24, 2.45) is 5.41 Å². The Balaban J connectivity index is 1.79. The standard InChI is InChI=1S/C18H19N3O/c19-10-15-16(22)9-13-11-20-7-3-14(13)17(15)21-8-2-6-18(12-21)4-1-5-18/h3,7,11H,1-2,4-6,8-9,12H2. The smallest absolute Gasteiger partial charge is 0.179 e. The molecule has 1 aromatic heterocycles. The van der Waals surface area contributed by atoms with Crippen LogP contribution >= 0.6 is 0 Å². The van der Waals surface area contributed by atoms with E-state index in [1.165, 1.54) is 25.7 Å². The van der Waals surface area contributed by atoms with Gasteiger partial charge in [-0.2, -0.15) is 5.26 Å². The second kappa shape index (κ2) is 4.95. The molecule has 0 unspecified atom stereocenters. The molecule has 112 valence electrons. The van der Waals surface area contributed by atoms with Gasteiger partial charge in [0.1, 0.15) is 11.6 Å². The van der Waals surface area contributed by atoms with Crippen molar-refractivity contribution in [3.8, 4) is 6.07 Å². The molecule has 22 heavy (non-hydrogen) atoms. The highest BCUT2D eigenvalue weighted by Gasteiger charge is 2.42. The Morgan fingerprint density at radius 1 is 1.27 bits per heavy atom. The molecular weight excluding hydrogens is 274 g/mol. The fourth-order valence-electron chi connectivity index (χ4n) is 4.25. The number of fused-ring (bicyclic) bond motifs is 1. The molecule has 0 bridgehead atoms. The summed E-state index contributed by atoms with van der Waals surface area (Å²) in [6, 6.07) is 4.13. The van der Waals surface area contributed by atoms with Gasteiger partial charge in [0, 0.05) is 37.5 Å². The van der Waals surface area contributed by atoms with Gasteiger partial charge in [-0.3, -0.25) is 9.78 Å². The van der Waals surface area contributed by atoms with Gasteiger partial charge >= 0.3 is 0 Å². The molecule has 0 aromatic carbocycles. The monoisotopic (exact) mass is 293 g/mol. The summed E-state index contributed by atoms with van der Waals surface area (Å²) >= 11 is 0. The highest BCUT2D eigenvalue weighted by Crippen LogP contribution is 2.49. The molecule has 1 saturated heterocycles. The number of hydrogen-bond donors (Lipinski definition) is 0. The van der Waals surface area contributed by atoms with Gasteiger partial charge in [-0.25, -0.2) is 0 Å². The molecule has 2 fully saturated rings. The average molecular weight is 293 g/mol. The second-order valence-electron chi connectivity index (χ2n) is 6.85. The maximum Gasteiger partial charge on any atom is 0.179 e. The molecule has 1 aliphatic heterocycles.